The topological polar surface area (TPSA) is 66.5 Å². The van der Waals surface area contributed by atoms with Crippen LogP contribution in [0, 0.1) is 5.82 Å². The molecule has 1 aliphatic heterocycles. The van der Waals surface area contributed by atoms with Crippen molar-refractivity contribution in [3.63, 3.8) is 0 Å². The molecule has 1 unspecified atom stereocenters. The predicted molar refractivity (Wildman–Crippen MR) is 105 cm³/mol. The Morgan fingerprint density at radius 3 is 2.59 bits per heavy atom. The lowest BCUT2D eigenvalue weighted by atomic mass is 9.95. The highest BCUT2D eigenvalue weighted by Crippen LogP contribution is 2.27. The number of nitrogens with one attached hydrogen (secondary N) is 1. The molecule has 2 aromatic rings. The van der Waals surface area contributed by atoms with Crippen LogP contribution in [0.5, 0.6) is 0 Å². The van der Waals surface area contributed by atoms with Crippen molar-refractivity contribution in [3.8, 4) is 0 Å². The molecule has 0 aromatic heterocycles. The lowest BCUT2D eigenvalue weighted by molar-refractivity contribution is -0.117. The van der Waals surface area contributed by atoms with Crippen molar-refractivity contribution in [2.24, 2.45) is 0 Å². The van der Waals surface area contributed by atoms with Gasteiger partial charge in [-0.3, -0.25) is 9.10 Å². The Morgan fingerprint density at radius 1 is 1.19 bits per heavy atom. The molecule has 0 radical (unpaired) electrons. The van der Waals surface area contributed by atoms with Gasteiger partial charge in [0.1, 0.15) is 5.82 Å². The highest BCUT2D eigenvalue weighted by molar-refractivity contribution is 7.92. The van der Waals surface area contributed by atoms with E-state index in [1.54, 1.807) is 36.4 Å². The van der Waals surface area contributed by atoms with Gasteiger partial charge in [0.15, 0.2) is 0 Å². The standard InChI is InChI=1S/C20H23FN2O3S/c1-2-19(15-8-10-16(21)11-9-15)20(24)22-17-6-5-7-18(14-17)23-12-3-4-13-27(23,25)26/h5-11,14,19H,2-4,12-13H2,1H3,(H,22,24). The second kappa shape index (κ2) is 8.08. The molecule has 0 aliphatic carbocycles. The monoisotopic (exact) mass is 390 g/mol. The van der Waals surface area contributed by atoms with E-state index >= 15 is 0 Å². The molecule has 1 heterocycles. The van der Waals surface area contributed by atoms with Crippen molar-refractivity contribution >= 4 is 27.3 Å². The first-order valence-electron chi connectivity index (χ1n) is 9.07. The normalized spacial score (nSPS) is 17.3. The van der Waals surface area contributed by atoms with E-state index in [1.807, 2.05) is 6.92 Å². The Labute approximate surface area is 159 Å². The number of anilines is 2. The summed E-state index contributed by atoms with van der Waals surface area (Å²) in [5.41, 5.74) is 1.84. The highest BCUT2D eigenvalue weighted by atomic mass is 32.2. The minimum absolute atomic E-state index is 0.145. The largest absolute Gasteiger partial charge is 0.325 e. The molecule has 0 bridgehead atoms. The van der Waals surface area contributed by atoms with E-state index in [0.717, 1.165) is 12.0 Å². The number of sulfonamides is 1. The molecule has 1 atom stereocenters. The van der Waals surface area contributed by atoms with Crippen molar-refractivity contribution in [1.82, 2.24) is 0 Å². The molecule has 0 saturated carbocycles. The summed E-state index contributed by atoms with van der Waals surface area (Å²) < 4.78 is 39.1. The maximum atomic E-state index is 13.1. The summed E-state index contributed by atoms with van der Waals surface area (Å²) in [6.45, 7) is 2.34. The molecular formula is C20H23FN2O3S. The molecule has 3 rings (SSSR count). The van der Waals surface area contributed by atoms with E-state index in [4.69, 9.17) is 0 Å². The van der Waals surface area contributed by atoms with Gasteiger partial charge in [0.05, 0.1) is 17.4 Å². The molecular weight excluding hydrogens is 367 g/mol. The van der Waals surface area contributed by atoms with Crippen molar-refractivity contribution < 1.29 is 17.6 Å². The average molecular weight is 390 g/mol. The zero-order valence-corrected chi connectivity index (χ0v) is 16.0. The smallest absolute Gasteiger partial charge is 0.235 e. The van der Waals surface area contributed by atoms with Crippen LogP contribution in [-0.4, -0.2) is 26.6 Å². The third-order valence-corrected chi connectivity index (χ3v) is 6.62. The van der Waals surface area contributed by atoms with Gasteiger partial charge in [-0.05, 0) is 55.2 Å². The minimum atomic E-state index is -3.30. The van der Waals surface area contributed by atoms with Gasteiger partial charge in [0, 0.05) is 12.2 Å². The number of hydrogen-bond donors (Lipinski definition) is 1. The lowest BCUT2D eigenvalue weighted by Gasteiger charge is -2.28. The van der Waals surface area contributed by atoms with Gasteiger partial charge < -0.3 is 5.32 Å². The number of halogens is 1. The number of nitrogens with zero attached hydrogens (tertiary/aromatic N) is 1. The van der Waals surface area contributed by atoms with Crippen molar-refractivity contribution in [2.75, 3.05) is 21.9 Å². The van der Waals surface area contributed by atoms with Gasteiger partial charge in [-0.25, -0.2) is 12.8 Å². The molecule has 0 spiro atoms. The van der Waals surface area contributed by atoms with E-state index < -0.39 is 15.9 Å². The Kier molecular flexibility index (Phi) is 5.79. The Balaban J connectivity index is 1.79. The molecule has 1 N–H and O–H groups in total. The number of carbonyl (C=O) groups is 1. The Hall–Kier alpha value is -2.41. The SMILES string of the molecule is CCC(C(=O)Nc1cccc(N2CCCCS2(=O)=O)c1)c1ccc(F)cc1. The molecule has 1 amide bonds. The Morgan fingerprint density at radius 2 is 1.93 bits per heavy atom. The maximum Gasteiger partial charge on any atom is 0.235 e. The summed E-state index contributed by atoms with van der Waals surface area (Å²) in [5.74, 6) is -0.813. The lowest BCUT2D eigenvalue weighted by Crippen LogP contribution is -2.37. The summed E-state index contributed by atoms with van der Waals surface area (Å²) >= 11 is 0. The third-order valence-electron chi connectivity index (χ3n) is 4.75. The van der Waals surface area contributed by atoms with E-state index in [-0.39, 0.29) is 17.5 Å². The molecule has 1 aliphatic rings. The molecule has 27 heavy (non-hydrogen) atoms. The molecule has 1 saturated heterocycles. The summed E-state index contributed by atoms with van der Waals surface area (Å²) in [6, 6.07) is 12.8. The first kappa shape index (κ1) is 19.4. The summed E-state index contributed by atoms with van der Waals surface area (Å²) in [4.78, 5) is 12.7. The van der Waals surface area contributed by atoms with Crippen molar-refractivity contribution in [3.05, 3.63) is 59.9 Å². The quantitative estimate of drug-likeness (QED) is 0.842. The van der Waals surface area contributed by atoms with Gasteiger partial charge in [-0.2, -0.15) is 0 Å². The molecule has 144 valence electrons. The summed E-state index contributed by atoms with van der Waals surface area (Å²) in [7, 11) is -3.30. The average Bonchev–Trinajstić information content (AvgIpc) is 2.64. The number of hydrogen-bond acceptors (Lipinski definition) is 3. The van der Waals surface area contributed by atoms with Crippen LogP contribution in [0.2, 0.25) is 0 Å². The van der Waals surface area contributed by atoms with Crippen molar-refractivity contribution in [1.29, 1.82) is 0 Å². The van der Waals surface area contributed by atoms with Crippen LogP contribution >= 0.6 is 0 Å². The second-order valence-corrected chi connectivity index (χ2v) is 8.66. The van der Waals surface area contributed by atoms with Gasteiger partial charge >= 0.3 is 0 Å². The number of amides is 1. The molecule has 2 aromatic carbocycles. The summed E-state index contributed by atoms with van der Waals surface area (Å²) in [6.07, 6.45) is 2.06. The van der Waals surface area contributed by atoms with Gasteiger partial charge in [0.2, 0.25) is 15.9 Å². The number of benzene rings is 2. The second-order valence-electron chi connectivity index (χ2n) is 6.65. The fourth-order valence-corrected chi connectivity index (χ4v) is 4.95. The first-order chi connectivity index (χ1) is 12.9. The van der Waals surface area contributed by atoms with E-state index in [2.05, 4.69) is 5.32 Å². The van der Waals surface area contributed by atoms with Gasteiger partial charge in [-0.15, -0.1) is 0 Å². The number of carbonyl (C=O) groups excluding carboxylic acids is 1. The molecule has 1 fully saturated rings. The van der Waals surface area contributed by atoms with E-state index in [9.17, 15) is 17.6 Å². The zero-order valence-electron chi connectivity index (χ0n) is 15.2. The van der Waals surface area contributed by atoms with E-state index in [1.165, 1.54) is 16.4 Å². The van der Waals surface area contributed by atoms with Gasteiger partial charge in [0.25, 0.3) is 0 Å². The fourth-order valence-electron chi connectivity index (χ4n) is 3.31. The summed E-state index contributed by atoms with van der Waals surface area (Å²) in [5, 5.41) is 2.86. The highest BCUT2D eigenvalue weighted by Gasteiger charge is 2.26. The zero-order chi connectivity index (χ0) is 19.4. The third kappa shape index (κ3) is 4.47. The van der Waals surface area contributed by atoms with Crippen LogP contribution in [0.15, 0.2) is 48.5 Å². The Bertz CT molecular complexity index is 913. The number of rotatable bonds is 5. The van der Waals surface area contributed by atoms with Crippen LogP contribution in [-0.2, 0) is 14.8 Å². The van der Waals surface area contributed by atoms with Crippen LogP contribution < -0.4 is 9.62 Å². The van der Waals surface area contributed by atoms with Crippen molar-refractivity contribution in [2.45, 2.75) is 32.1 Å². The molecule has 7 heteroatoms. The van der Waals surface area contributed by atoms with Gasteiger partial charge in [-0.1, -0.05) is 25.1 Å². The van der Waals surface area contributed by atoms with Crippen LogP contribution in [0.1, 0.15) is 37.7 Å². The van der Waals surface area contributed by atoms with E-state index in [0.29, 0.717) is 30.8 Å². The van der Waals surface area contributed by atoms with Crippen LogP contribution in [0.4, 0.5) is 15.8 Å². The predicted octanol–water partition coefficient (Wildman–Crippen LogP) is 3.89. The van der Waals surface area contributed by atoms with Crippen LogP contribution in [0.3, 0.4) is 0 Å². The maximum absolute atomic E-state index is 13.1. The first-order valence-corrected chi connectivity index (χ1v) is 10.7. The van der Waals surface area contributed by atoms with Crippen LogP contribution in [0.25, 0.3) is 0 Å². The molecule has 5 nitrogen and oxygen atoms in total. The minimum Gasteiger partial charge on any atom is -0.325 e. The fraction of sp³-hybridized carbons (Fsp3) is 0.350.